The van der Waals surface area contributed by atoms with Gasteiger partial charge in [0.2, 0.25) is 0 Å². The summed E-state index contributed by atoms with van der Waals surface area (Å²) in [6, 6.07) is 9.55. The Bertz CT molecular complexity index is 545. The van der Waals surface area contributed by atoms with Gasteiger partial charge >= 0.3 is 6.09 Å². The first-order valence-electron chi connectivity index (χ1n) is 8.28. The molecule has 2 unspecified atom stereocenters. The predicted molar refractivity (Wildman–Crippen MR) is 84.9 cm³/mol. The number of morpholine rings is 1. The molecule has 1 amide bonds. The van der Waals surface area contributed by atoms with Crippen LogP contribution in [0.2, 0.25) is 0 Å². The molecule has 124 valence electrons. The minimum absolute atomic E-state index is 0.0497. The Hall–Kier alpha value is -1.88. The van der Waals surface area contributed by atoms with Crippen molar-refractivity contribution in [2.75, 3.05) is 13.2 Å². The number of hydrogen-bond acceptors (Lipinski definition) is 4. The van der Waals surface area contributed by atoms with Gasteiger partial charge in [0.1, 0.15) is 12.4 Å². The predicted octanol–water partition coefficient (Wildman–Crippen LogP) is 2.78. The maximum absolute atomic E-state index is 12.5. The third-order valence-corrected chi connectivity index (χ3v) is 4.74. The molecule has 2 aliphatic rings. The molecule has 2 heterocycles. The van der Waals surface area contributed by atoms with Crippen LogP contribution < -0.4 is 0 Å². The zero-order valence-corrected chi connectivity index (χ0v) is 13.4. The number of carbonyl (C=O) groups excluding carboxylic acids is 2. The second kappa shape index (κ2) is 7.13. The van der Waals surface area contributed by atoms with Crippen LogP contribution in [-0.2, 0) is 20.9 Å². The van der Waals surface area contributed by atoms with Crippen molar-refractivity contribution in [3.63, 3.8) is 0 Å². The standard InChI is InChI=1S/C18H23NO4/c1-2-17(20)14-8-15-11-22-12-16(9-14)19(15)18(21)23-10-13-6-4-3-5-7-13/h3-7,14-16H,2,8-12H2,1H3. The molecule has 23 heavy (non-hydrogen) atoms. The Balaban J connectivity index is 1.63. The first-order chi connectivity index (χ1) is 11.2. The number of nitrogens with zero attached hydrogens (tertiary/aromatic N) is 1. The van der Waals surface area contributed by atoms with Crippen LogP contribution in [0.1, 0.15) is 31.7 Å². The number of benzene rings is 1. The second-order valence-corrected chi connectivity index (χ2v) is 6.28. The summed E-state index contributed by atoms with van der Waals surface area (Å²) in [5.74, 6) is 0.344. The summed E-state index contributed by atoms with van der Waals surface area (Å²) in [5.41, 5.74) is 0.971. The van der Waals surface area contributed by atoms with Crippen molar-refractivity contribution in [2.45, 2.75) is 44.9 Å². The fourth-order valence-corrected chi connectivity index (χ4v) is 3.56. The highest BCUT2D eigenvalue weighted by Gasteiger charge is 2.43. The van der Waals surface area contributed by atoms with Crippen LogP contribution in [0.4, 0.5) is 4.79 Å². The molecule has 0 radical (unpaired) electrons. The molecule has 2 bridgehead atoms. The van der Waals surface area contributed by atoms with Crippen LogP contribution in [-0.4, -0.2) is 42.1 Å². The zero-order valence-electron chi connectivity index (χ0n) is 13.4. The van der Waals surface area contributed by atoms with Crippen LogP contribution in [0.25, 0.3) is 0 Å². The van der Waals surface area contributed by atoms with E-state index in [1.165, 1.54) is 0 Å². The maximum atomic E-state index is 12.5. The number of rotatable bonds is 4. The number of piperidine rings is 1. The fourth-order valence-electron chi connectivity index (χ4n) is 3.56. The van der Waals surface area contributed by atoms with Crippen LogP contribution in [0.3, 0.4) is 0 Å². The molecule has 2 aliphatic heterocycles. The summed E-state index contributed by atoms with van der Waals surface area (Å²) in [4.78, 5) is 26.3. The van der Waals surface area contributed by atoms with Gasteiger partial charge in [0.15, 0.2) is 0 Å². The fraction of sp³-hybridized carbons (Fsp3) is 0.556. The van der Waals surface area contributed by atoms with Crippen LogP contribution >= 0.6 is 0 Å². The van der Waals surface area contributed by atoms with Gasteiger partial charge < -0.3 is 9.47 Å². The van der Waals surface area contributed by atoms with E-state index in [1.807, 2.05) is 37.3 Å². The normalized spacial score (nSPS) is 26.7. The van der Waals surface area contributed by atoms with E-state index >= 15 is 0 Å². The lowest BCUT2D eigenvalue weighted by atomic mass is 9.82. The van der Waals surface area contributed by atoms with Gasteiger partial charge in [0.25, 0.3) is 0 Å². The van der Waals surface area contributed by atoms with Crippen molar-refractivity contribution in [3.05, 3.63) is 35.9 Å². The minimum atomic E-state index is -0.297. The highest BCUT2D eigenvalue weighted by molar-refractivity contribution is 5.81. The molecule has 0 aliphatic carbocycles. The van der Waals surface area contributed by atoms with E-state index < -0.39 is 0 Å². The van der Waals surface area contributed by atoms with Gasteiger partial charge in [-0.15, -0.1) is 0 Å². The molecule has 5 nitrogen and oxygen atoms in total. The van der Waals surface area contributed by atoms with Crippen molar-refractivity contribution in [3.8, 4) is 0 Å². The number of Topliss-reactive ketones (excluding diaryl/α,β-unsaturated/α-hetero) is 1. The van der Waals surface area contributed by atoms with Gasteiger partial charge in [0, 0.05) is 12.3 Å². The van der Waals surface area contributed by atoms with Crippen LogP contribution in [0, 0.1) is 5.92 Å². The summed E-state index contributed by atoms with van der Waals surface area (Å²) in [6.07, 6.45) is 1.63. The third kappa shape index (κ3) is 3.55. The molecule has 3 rings (SSSR count). The molecule has 0 aromatic heterocycles. The molecular formula is C18H23NO4. The first kappa shape index (κ1) is 16.0. The SMILES string of the molecule is CCC(=O)C1CC2COCC(C1)N2C(=O)OCc1ccccc1. The number of ether oxygens (including phenoxy) is 2. The third-order valence-electron chi connectivity index (χ3n) is 4.74. The molecule has 1 aromatic rings. The Morgan fingerprint density at radius 2 is 1.83 bits per heavy atom. The number of ketones is 1. The number of hydrogen-bond donors (Lipinski definition) is 0. The van der Waals surface area contributed by atoms with E-state index in [4.69, 9.17) is 9.47 Å². The van der Waals surface area contributed by atoms with Crippen molar-refractivity contribution < 1.29 is 19.1 Å². The van der Waals surface area contributed by atoms with Crippen molar-refractivity contribution >= 4 is 11.9 Å². The van der Waals surface area contributed by atoms with Crippen molar-refractivity contribution in [1.29, 1.82) is 0 Å². The van der Waals surface area contributed by atoms with Crippen LogP contribution in [0.5, 0.6) is 0 Å². The summed E-state index contributed by atoms with van der Waals surface area (Å²) in [7, 11) is 0. The van der Waals surface area contributed by atoms with Crippen LogP contribution in [0.15, 0.2) is 30.3 Å². The van der Waals surface area contributed by atoms with Crippen molar-refractivity contribution in [1.82, 2.24) is 4.90 Å². The van der Waals surface area contributed by atoms with E-state index in [0.29, 0.717) is 38.3 Å². The molecule has 0 N–H and O–H groups in total. The second-order valence-electron chi connectivity index (χ2n) is 6.28. The summed E-state index contributed by atoms with van der Waals surface area (Å²) in [6.45, 7) is 3.15. The summed E-state index contributed by atoms with van der Waals surface area (Å²) < 4.78 is 11.1. The van der Waals surface area contributed by atoms with Gasteiger partial charge in [-0.3, -0.25) is 9.69 Å². The Labute approximate surface area is 136 Å². The lowest BCUT2D eigenvalue weighted by molar-refractivity contribution is -0.130. The van der Waals surface area contributed by atoms with Gasteiger partial charge in [-0.1, -0.05) is 37.3 Å². The Kier molecular flexibility index (Phi) is 4.96. The van der Waals surface area contributed by atoms with Gasteiger partial charge in [-0.05, 0) is 18.4 Å². The topological polar surface area (TPSA) is 55.8 Å². The molecule has 2 atom stereocenters. The molecule has 0 saturated carbocycles. The monoisotopic (exact) mass is 317 g/mol. The molecule has 2 saturated heterocycles. The van der Waals surface area contributed by atoms with E-state index in [2.05, 4.69) is 0 Å². The summed E-state index contributed by atoms with van der Waals surface area (Å²) in [5, 5.41) is 0. The largest absolute Gasteiger partial charge is 0.445 e. The molecule has 5 heteroatoms. The average molecular weight is 317 g/mol. The van der Waals surface area contributed by atoms with Crippen molar-refractivity contribution in [2.24, 2.45) is 5.92 Å². The minimum Gasteiger partial charge on any atom is -0.445 e. The maximum Gasteiger partial charge on any atom is 0.410 e. The number of carbonyl (C=O) groups is 2. The highest BCUT2D eigenvalue weighted by atomic mass is 16.6. The molecular weight excluding hydrogens is 294 g/mol. The average Bonchev–Trinajstić information content (AvgIpc) is 2.58. The van der Waals surface area contributed by atoms with E-state index in [0.717, 1.165) is 5.56 Å². The van der Waals surface area contributed by atoms with Gasteiger partial charge in [-0.2, -0.15) is 0 Å². The molecule has 1 aromatic carbocycles. The number of amides is 1. The molecule has 2 fully saturated rings. The van der Waals surface area contributed by atoms with Gasteiger partial charge in [0.05, 0.1) is 25.3 Å². The lowest BCUT2D eigenvalue weighted by Crippen LogP contribution is -2.59. The smallest absolute Gasteiger partial charge is 0.410 e. The van der Waals surface area contributed by atoms with E-state index in [-0.39, 0.29) is 30.7 Å². The quantitative estimate of drug-likeness (QED) is 0.857. The van der Waals surface area contributed by atoms with E-state index in [9.17, 15) is 9.59 Å². The number of fused-ring (bicyclic) bond motifs is 2. The lowest BCUT2D eigenvalue weighted by Gasteiger charge is -2.47. The van der Waals surface area contributed by atoms with Gasteiger partial charge in [-0.25, -0.2) is 4.79 Å². The Morgan fingerprint density at radius 1 is 1.17 bits per heavy atom. The zero-order chi connectivity index (χ0) is 16.2. The molecule has 0 spiro atoms. The first-order valence-corrected chi connectivity index (χ1v) is 8.28. The summed E-state index contributed by atoms with van der Waals surface area (Å²) >= 11 is 0. The highest BCUT2D eigenvalue weighted by Crippen LogP contribution is 2.33. The van der Waals surface area contributed by atoms with E-state index in [1.54, 1.807) is 4.90 Å². The Morgan fingerprint density at radius 3 is 2.43 bits per heavy atom.